The number of nitrogens with two attached hydrogens (primary N) is 1. The topological polar surface area (TPSA) is 56.0 Å². The maximum Gasteiger partial charge on any atom is 0.174 e. The molecule has 0 aliphatic heterocycles. The van der Waals surface area contributed by atoms with Gasteiger partial charge in [0.25, 0.3) is 0 Å². The van der Waals surface area contributed by atoms with Gasteiger partial charge in [-0.05, 0) is 42.8 Å². The highest BCUT2D eigenvalue weighted by Gasteiger charge is 2.24. The predicted octanol–water partition coefficient (Wildman–Crippen LogP) is 1.84. The van der Waals surface area contributed by atoms with E-state index in [1.165, 1.54) is 11.5 Å². The largest absolute Gasteiger partial charge is 0.328 e. The Kier molecular flexibility index (Phi) is 2.93. The third-order valence-electron chi connectivity index (χ3n) is 2.77. The van der Waals surface area contributed by atoms with E-state index in [-0.39, 0.29) is 5.78 Å². The third kappa shape index (κ3) is 2.19. The Bertz CT molecular complexity index is 310. The van der Waals surface area contributed by atoms with E-state index >= 15 is 0 Å². The van der Waals surface area contributed by atoms with Crippen LogP contribution in [0, 0.1) is 5.92 Å². The van der Waals surface area contributed by atoms with Gasteiger partial charge in [-0.25, -0.2) is 4.37 Å². The number of nitrogens with zero attached hydrogens (tertiary/aromatic N) is 1. The van der Waals surface area contributed by atoms with Crippen molar-refractivity contribution in [1.82, 2.24) is 4.37 Å². The van der Waals surface area contributed by atoms with E-state index in [9.17, 15) is 4.79 Å². The Labute approximate surface area is 87.5 Å². The molecule has 1 aliphatic rings. The molecule has 2 rings (SSSR count). The van der Waals surface area contributed by atoms with Gasteiger partial charge in [-0.2, -0.15) is 0 Å². The summed E-state index contributed by atoms with van der Waals surface area (Å²) in [7, 11) is 0. The van der Waals surface area contributed by atoms with Crippen LogP contribution in [0.15, 0.2) is 12.3 Å². The fourth-order valence-corrected chi connectivity index (χ4v) is 2.56. The summed E-state index contributed by atoms with van der Waals surface area (Å²) in [5, 5.41) is 0. The van der Waals surface area contributed by atoms with Crippen molar-refractivity contribution < 1.29 is 4.79 Å². The van der Waals surface area contributed by atoms with Crippen molar-refractivity contribution in [2.45, 2.75) is 31.7 Å². The third-order valence-corrected chi connectivity index (χ3v) is 3.56. The monoisotopic (exact) mass is 210 g/mol. The molecule has 0 saturated heterocycles. The van der Waals surface area contributed by atoms with Gasteiger partial charge in [0.05, 0.1) is 4.88 Å². The molecule has 14 heavy (non-hydrogen) atoms. The van der Waals surface area contributed by atoms with E-state index < -0.39 is 0 Å². The van der Waals surface area contributed by atoms with Crippen LogP contribution in [0.3, 0.4) is 0 Å². The van der Waals surface area contributed by atoms with Crippen molar-refractivity contribution in [2.75, 3.05) is 0 Å². The first-order valence-electron chi connectivity index (χ1n) is 4.95. The minimum atomic E-state index is 0.228. The van der Waals surface area contributed by atoms with E-state index in [2.05, 4.69) is 4.37 Å². The normalized spacial score (nSPS) is 26.6. The molecular weight excluding hydrogens is 196 g/mol. The van der Waals surface area contributed by atoms with Crippen LogP contribution in [0.4, 0.5) is 0 Å². The molecule has 1 aromatic rings. The molecule has 2 unspecified atom stereocenters. The maximum absolute atomic E-state index is 11.7. The second kappa shape index (κ2) is 4.19. The lowest BCUT2D eigenvalue weighted by atomic mass is 10.0. The second-order valence-corrected chi connectivity index (χ2v) is 4.78. The fourth-order valence-electron chi connectivity index (χ4n) is 2.02. The summed E-state index contributed by atoms with van der Waals surface area (Å²) in [6, 6.07) is 2.11. The summed E-state index contributed by atoms with van der Waals surface area (Å²) in [6.07, 6.45) is 5.51. The van der Waals surface area contributed by atoms with Crippen LogP contribution in [-0.4, -0.2) is 16.2 Å². The molecule has 1 aromatic heterocycles. The van der Waals surface area contributed by atoms with Gasteiger partial charge in [0, 0.05) is 18.7 Å². The van der Waals surface area contributed by atoms with Crippen molar-refractivity contribution in [3.8, 4) is 0 Å². The highest BCUT2D eigenvalue weighted by molar-refractivity contribution is 7.08. The Morgan fingerprint density at radius 2 is 2.50 bits per heavy atom. The average Bonchev–Trinajstić information content (AvgIpc) is 2.75. The highest BCUT2D eigenvalue weighted by atomic mass is 32.1. The molecule has 0 bridgehead atoms. The van der Waals surface area contributed by atoms with Crippen LogP contribution >= 0.6 is 11.5 Å². The number of rotatable bonds is 3. The summed E-state index contributed by atoms with van der Waals surface area (Å²) < 4.78 is 3.93. The maximum atomic E-state index is 11.7. The van der Waals surface area contributed by atoms with Gasteiger partial charge in [-0.3, -0.25) is 4.79 Å². The lowest BCUT2D eigenvalue weighted by Gasteiger charge is -2.06. The Balaban J connectivity index is 1.89. The minimum Gasteiger partial charge on any atom is -0.328 e. The summed E-state index contributed by atoms with van der Waals surface area (Å²) in [5.74, 6) is 0.728. The summed E-state index contributed by atoms with van der Waals surface area (Å²) in [5.41, 5.74) is 5.80. The van der Waals surface area contributed by atoms with Crippen molar-refractivity contribution in [3.63, 3.8) is 0 Å². The van der Waals surface area contributed by atoms with Crippen LogP contribution in [0.2, 0.25) is 0 Å². The van der Waals surface area contributed by atoms with Crippen molar-refractivity contribution in [3.05, 3.63) is 17.1 Å². The van der Waals surface area contributed by atoms with Crippen LogP contribution in [0.25, 0.3) is 0 Å². The minimum absolute atomic E-state index is 0.228. The molecular formula is C10H14N2OS. The first-order chi connectivity index (χ1) is 6.75. The van der Waals surface area contributed by atoms with Crippen LogP contribution in [0.1, 0.15) is 35.4 Å². The zero-order chi connectivity index (χ0) is 9.97. The van der Waals surface area contributed by atoms with Gasteiger partial charge in [0.1, 0.15) is 0 Å². The van der Waals surface area contributed by atoms with Gasteiger partial charge >= 0.3 is 0 Å². The lowest BCUT2D eigenvalue weighted by molar-refractivity contribution is 0.0966. The van der Waals surface area contributed by atoms with Crippen molar-refractivity contribution >= 4 is 17.3 Å². The van der Waals surface area contributed by atoms with Gasteiger partial charge in [0.15, 0.2) is 5.78 Å². The molecule has 2 N–H and O–H groups in total. The molecule has 2 atom stereocenters. The van der Waals surface area contributed by atoms with Crippen LogP contribution in [0.5, 0.6) is 0 Å². The Hall–Kier alpha value is -0.740. The Morgan fingerprint density at radius 1 is 1.64 bits per heavy atom. The molecule has 1 heterocycles. The van der Waals surface area contributed by atoms with E-state index in [1.807, 2.05) is 0 Å². The molecule has 0 aromatic carbocycles. The van der Waals surface area contributed by atoms with Crippen molar-refractivity contribution in [2.24, 2.45) is 11.7 Å². The highest BCUT2D eigenvalue weighted by Crippen LogP contribution is 2.28. The van der Waals surface area contributed by atoms with E-state index in [4.69, 9.17) is 5.73 Å². The van der Waals surface area contributed by atoms with E-state index in [0.29, 0.717) is 18.4 Å². The molecule has 3 nitrogen and oxygen atoms in total. The summed E-state index contributed by atoms with van der Waals surface area (Å²) in [6.45, 7) is 0. The van der Waals surface area contributed by atoms with Gasteiger partial charge < -0.3 is 5.73 Å². The number of ketones is 1. The first kappa shape index (κ1) is 9.80. The van der Waals surface area contributed by atoms with Crippen molar-refractivity contribution in [1.29, 1.82) is 0 Å². The van der Waals surface area contributed by atoms with Crippen LogP contribution in [-0.2, 0) is 0 Å². The Morgan fingerprint density at radius 3 is 3.07 bits per heavy atom. The quantitative estimate of drug-likeness (QED) is 0.774. The smallest absolute Gasteiger partial charge is 0.174 e. The summed E-state index contributed by atoms with van der Waals surface area (Å²) >= 11 is 1.28. The predicted molar refractivity (Wildman–Crippen MR) is 56.4 cm³/mol. The average molecular weight is 210 g/mol. The second-order valence-electron chi connectivity index (χ2n) is 3.94. The first-order valence-corrected chi connectivity index (χ1v) is 5.72. The number of Topliss-reactive ketones (excluding diaryl/α,β-unsaturated/α-hetero) is 1. The zero-order valence-corrected chi connectivity index (χ0v) is 8.80. The molecule has 76 valence electrons. The number of carbonyl (C=O) groups excluding carboxylic acids is 1. The zero-order valence-electron chi connectivity index (χ0n) is 7.98. The standard InChI is InChI=1S/C10H14N2OS/c11-8-2-1-7(5-8)6-9(13)10-3-4-12-14-10/h3-4,7-8H,1-2,5-6,11H2. The van der Waals surface area contributed by atoms with Crippen LogP contribution < -0.4 is 5.73 Å². The molecule has 0 amide bonds. The van der Waals surface area contributed by atoms with Gasteiger partial charge in [-0.1, -0.05) is 0 Å². The molecule has 1 aliphatic carbocycles. The fraction of sp³-hybridized carbons (Fsp3) is 0.600. The molecule has 1 fully saturated rings. The molecule has 1 saturated carbocycles. The number of aromatic nitrogens is 1. The van der Waals surface area contributed by atoms with E-state index in [0.717, 1.165) is 24.1 Å². The number of hydrogen-bond donors (Lipinski definition) is 1. The SMILES string of the molecule is NC1CCC(CC(=O)c2ccns2)C1. The van der Waals surface area contributed by atoms with Gasteiger partial charge in [0.2, 0.25) is 0 Å². The number of carbonyl (C=O) groups is 1. The molecule has 4 heteroatoms. The van der Waals surface area contributed by atoms with E-state index in [1.54, 1.807) is 12.3 Å². The molecule has 0 radical (unpaired) electrons. The number of hydrogen-bond acceptors (Lipinski definition) is 4. The summed E-state index contributed by atoms with van der Waals surface area (Å²) in [4.78, 5) is 12.5. The lowest BCUT2D eigenvalue weighted by Crippen LogP contribution is -2.15. The molecule has 0 spiro atoms. The van der Waals surface area contributed by atoms with Gasteiger partial charge in [-0.15, -0.1) is 0 Å².